The van der Waals surface area contributed by atoms with Crippen LogP contribution in [0.15, 0.2) is 36.5 Å². The molecule has 0 atom stereocenters. The van der Waals surface area contributed by atoms with E-state index in [0.717, 1.165) is 28.5 Å². The van der Waals surface area contributed by atoms with E-state index in [1.54, 1.807) is 0 Å². The SMILES string of the molecule is Cc1cc(CN)cnc1N(C)Cc1cccc(Cl)c1. The summed E-state index contributed by atoms with van der Waals surface area (Å²) in [5.74, 6) is 0.970. The van der Waals surface area contributed by atoms with Gasteiger partial charge in [0.05, 0.1) is 0 Å². The lowest BCUT2D eigenvalue weighted by Gasteiger charge is -2.20. The Morgan fingerprint density at radius 2 is 2.05 bits per heavy atom. The van der Waals surface area contributed by atoms with Crippen molar-refractivity contribution in [1.82, 2.24) is 4.98 Å². The van der Waals surface area contributed by atoms with Gasteiger partial charge >= 0.3 is 0 Å². The van der Waals surface area contributed by atoms with Crippen molar-refractivity contribution in [3.63, 3.8) is 0 Å². The van der Waals surface area contributed by atoms with E-state index in [-0.39, 0.29) is 0 Å². The maximum atomic E-state index is 6.00. The number of rotatable bonds is 4. The molecule has 0 saturated carbocycles. The lowest BCUT2D eigenvalue weighted by Crippen LogP contribution is -2.19. The van der Waals surface area contributed by atoms with Crippen LogP contribution in [0.25, 0.3) is 0 Å². The highest BCUT2D eigenvalue weighted by Crippen LogP contribution is 2.19. The van der Waals surface area contributed by atoms with Crippen molar-refractivity contribution in [2.24, 2.45) is 5.73 Å². The molecule has 2 N–H and O–H groups in total. The second kappa shape index (κ2) is 6.04. The molecule has 1 aromatic heterocycles. The third kappa shape index (κ3) is 3.46. The summed E-state index contributed by atoms with van der Waals surface area (Å²) in [6, 6.07) is 9.96. The molecule has 100 valence electrons. The minimum atomic E-state index is 0.520. The summed E-state index contributed by atoms with van der Waals surface area (Å²) >= 11 is 6.00. The van der Waals surface area contributed by atoms with Crippen molar-refractivity contribution in [1.29, 1.82) is 0 Å². The summed E-state index contributed by atoms with van der Waals surface area (Å²) < 4.78 is 0. The number of benzene rings is 1. The average molecular weight is 276 g/mol. The zero-order chi connectivity index (χ0) is 13.8. The third-order valence-electron chi connectivity index (χ3n) is 3.01. The van der Waals surface area contributed by atoms with Gasteiger partial charge in [-0.15, -0.1) is 0 Å². The normalized spacial score (nSPS) is 10.5. The van der Waals surface area contributed by atoms with E-state index >= 15 is 0 Å². The van der Waals surface area contributed by atoms with Crippen LogP contribution in [-0.4, -0.2) is 12.0 Å². The van der Waals surface area contributed by atoms with Gasteiger partial charge < -0.3 is 10.6 Å². The number of aromatic nitrogens is 1. The van der Waals surface area contributed by atoms with E-state index in [0.29, 0.717) is 6.54 Å². The van der Waals surface area contributed by atoms with Crippen molar-refractivity contribution in [2.75, 3.05) is 11.9 Å². The minimum absolute atomic E-state index is 0.520. The summed E-state index contributed by atoms with van der Waals surface area (Å²) in [5.41, 5.74) is 8.97. The molecule has 1 aromatic carbocycles. The van der Waals surface area contributed by atoms with Gasteiger partial charge in [0.25, 0.3) is 0 Å². The average Bonchev–Trinajstić information content (AvgIpc) is 2.38. The van der Waals surface area contributed by atoms with E-state index < -0.39 is 0 Å². The molecule has 1 heterocycles. The van der Waals surface area contributed by atoms with Gasteiger partial charge in [-0.05, 0) is 41.8 Å². The van der Waals surface area contributed by atoms with E-state index in [2.05, 4.69) is 28.9 Å². The summed E-state index contributed by atoms with van der Waals surface area (Å²) in [5, 5.41) is 0.758. The molecule has 0 unspecified atom stereocenters. The zero-order valence-corrected chi connectivity index (χ0v) is 12.0. The van der Waals surface area contributed by atoms with E-state index in [4.69, 9.17) is 17.3 Å². The summed E-state index contributed by atoms with van der Waals surface area (Å²) in [6.07, 6.45) is 1.83. The van der Waals surface area contributed by atoms with Gasteiger partial charge in [-0.3, -0.25) is 0 Å². The van der Waals surface area contributed by atoms with Crippen LogP contribution in [0.4, 0.5) is 5.82 Å². The highest BCUT2D eigenvalue weighted by molar-refractivity contribution is 6.30. The Morgan fingerprint density at radius 1 is 1.26 bits per heavy atom. The number of hydrogen-bond acceptors (Lipinski definition) is 3. The van der Waals surface area contributed by atoms with Crippen LogP contribution in [0.1, 0.15) is 16.7 Å². The zero-order valence-electron chi connectivity index (χ0n) is 11.2. The van der Waals surface area contributed by atoms with Crippen LogP contribution in [0, 0.1) is 6.92 Å². The molecule has 0 spiro atoms. The Kier molecular flexibility index (Phi) is 4.40. The lowest BCUT2D eigenvalue weighted by molar-refractivity contribution is 0.885. The van der Waals surface area contributed by atoms with E-state index in [1.807, 2.05) is 31.4 Å². The van der Waals surface area contributed by atoms with Crippen molar-refractivity contribution in [2.45, 2.75) is 20.0 Å². The fourth-order valence-electron chi connectivity index (χ4n) is 2.12. The first kappa shape index (κ1) is 13.8. The summed E-state index contributed by atoms with van der Waals surface area (Å²) in [6.45, 7) is 3.35. The number of nitrogens with zero attached hydrogens (tertiary/aromatic N) is 2. The molecule has 2 rings (SSSR count). The van der Waals surface area contributed by atoms with Crippen LogP contribution in [-0.2, 0) is 13.1 Å². The van der Waals surface area contributed by atoms with Crippen molar-refractivity contribution in [3.8, 4) is 0 Å². The first-order chi connectivity index (χ1) is 9.10. The molecule has 0 aliphatic carbocycles. The topological polar surface area (TPSA) is 42.1 Å². The van der Waals surface area contributed by atoms with Crippen molar-refractivity contribution in [3.05, 3.63) is 58.2 Å². The largest absolute Gasteiger partial charge is 0.355 e. The van der Waals surface area contributed by atoms with Gasteiger partial charge in [0.1, 0.15) is 5.82 Å². The lowest BCUT2D eigenvalue weighted by atomic mass is 10.1. The maximum absolute atomic E-state index is 6.00. The smallest absolute Gasteiger partial charge is 0.131 e. The molecular formula is C15H18ClN3. The Hall–Kier alpha value is -1.58. The quantitative estimate of drug-likeness (QED) is 0.932. The van der Waals surface area contributed by atoms with Crippen molar-refractivity contribution >= 4 is 17.4 Å². The Morgan fingerprint density at radius 3 is 2.68 bits per heavy atom. The standard InChI is InChI=1S/C15H18ClN3/c1-11-6-13(8-17)9-18-15(11)19(2)10-12-4-3-5-14(16)7-12/h3-7,9H,8,10,17H2,1-2H3. The first-order valence-electron chi connectivity index (χ1n) is 6.21. The number of anilines is 1. The Labute approximate surface area is 119 Å². The number of hydrogen-bond donors (Lipinski definition) is 1. The Balaban J connectivity index is 2.18. The number of halogens is 1. The van der Waals surface area contributed by atoms with Gasteiger partial charge in [-0.2, -0.15) is 0 Å². The van der Waals surface area contributed by atoms with E-state index in [1.165, 1.54) is 5.56 Å². The molecule has 0 bridgehead atoms. The second-order valence-electron chi connectivity index (χ2n) is 4.67. The van der Waals surface area contributed by atoms with E-state index in [9.17, 15) is 0 Å². The highest BCUT2D eigenvalue weighted by Gasteiger charge is 2.08. The number of pyridine rings is 1. The first-order valence-corrected chi connectivity index (χ1v) is 6.59. The molecule has 0 radical (unpaired) electrons. The fraction of sp³-hybridized carbons (Fsp3) is 0.267. The molecule has 3 nitrogen and oxygen atoms in total. The minimum Gasteiger partial charge on any atom is -0.355 e. The summed E-state index contributed by atoms with van der Waals surface area (Å²) in [7, 11) is 2.03. The highest BCUT2D eigenvalue weighted by atomic mass is 35.5. The molecule has 0 aliphatic heterocycles. The molecule has 0 fully saturated rings. The van der Waals surface area contributed by atoms with Crippen LogP contribution < -0.4 is 10.6 Å². The molecule has 0 saturated heterocycles. The maximum Gasteiger partial charge on any atom is 0.131 e. The van der Waals surface area contributed by atoms with Crippen LogP contribution in [0.3, 0.4) is 0 Å². The van der Waals surface area contributed by atoms with Crippen molar-refractivity contribution < 1.29 is 0 Å². The van der Waals surface area contributed by atoms with Gasteiger partial charge in [-0.1, -0.05) is 23.7 Å². The monoisotopic (exact) mass is 275 g/mol. The molecule has 0 amide bonds. The second-order valence-corrected chi connectivity index (χ2v) is 5.11. The van der Waals surface area contributed by atoms with Gasteiger partial charge in [-0.25, -0.2) is 4.98 Å². The van der Waals surface area contributed by atoms with Crippen LogP contribution in [0.2, 0.25) is 5.02 Å². The summed E-state index contributed by atoms with van der Waals surface area (Å²) in [4.78, 5) is 6.59. The van der Waals surface area contributed by atoms with Crippen LogP contribution >= 0.6 is 11.6 Å². The van der Waals surface area contributed by atoms with Gasteiger partial charge in [0.2, 0.25) is 0 Å². The fourth-order valence-corrected chi connectivity index (χ4v) is 2.33. The van der Waals surface area contributed by atoms with Gasteiger partial charge in [0.15, 0.2) is 0 Å². The molecule has 0 aliphatic rings. The Bertz CT molecular complexity index is 569. The predicted octanol–water partition coefficient (Wildman–Crippen LogP) is 3.14. The molecular weight excluding hydrogens is 258 g/mol. The van der Waals surface area contributed by atoms with Crippen LogP contribution in [0.5, 0.6) is 0 Å². The molecule has 2 aromatic rings. The molecule has 19 heavy (non-hydrogen) atoms. The molecule has 4 heteroatoms. The third-order valence-corrected chi connectivity index (χ3v) is 3.25. The van der Waals surface area contributed by atoms with Gasteiger partial charge in [0, 0.05) is 31.4 Å². The number of nitrogens with two attached hydrogens (primary N) is 1. The predicted molar refractivity (Wildman–Crippen MR) is 80.4 cm³/mol. The number of aryl methyl sites for hydroxylation is 1.